The molecule has 4 unspecified atom stereocenters. The molecule has 1 heterocycles. The molecular formula is C17H32N2O. The Bertz CT molecular complexity index is 298. The zero-order valence-electron chi connectivity index (χ0n) is 13.3. The lowest BCUT2D eigenvalue weighted by molar-refractivity contribution is -0.00981. The fraction of sp³-hybridized carbons (Fsp3) is 1.00. The molecule has 0 aromatic heterocycles. The molecule has 20 heavy (non-hydrogen) atoms. The summed E-state index contributed by atoms with van der Waals surface area (Å²) in [6.45, 7) is 12.0. The van der Waals surface area contributed by atoms with E-state index in [0.29, 0.717) is 17.8 Å². The van der Waals surface area contributed by atoms with E-state index in [0.717, 1.165) is 18.9 Å². The predicted molar refractivity (Wildman–Crippen MR) is 82.7 cm³/mol. The molecule has 1 N–H and O–H groups in total. The van der Waals surface area contributed by atoms with Gasteiger partial charge in [0, 0.05) is 45.2 Å². The SMILES string of the molecule is CC1CC(C)C(CN2CCN(CC3CC3)CC2)C(O)C1. The van der Waals surface area contributed by atoms with E-state index in [1.165, 1.54) is 52.0 Å². The lowest BCUT2D eigenvalue weighted by Gasteiger charge is -2.42. The molecule has 0 aromatic rings. The smallest absolute Gasteiger partial charge is 0.0585 e. The summed E-state index contributed by atoms with van der Waals surface area (Å²) in [6, 6.07) is 0. The van der Waals surface area contributed by atoms with Crippen molar-refractivity contribution in [3.05, 3.63) is 0 Å². The van der Waals surface area contributed by atoms with Gasteiger partial charge < -0.3 is 14.9 Å². The van der Waals surface area contributed by atoms with Gasteiger partial charge in [-0.1, -0.05) is 13.8 Å². The van der Waals surface area contributed by atoms with Crippen molar-refractivity contribution in [3.63, 3.8) is 0 Å². The van der Waals surface area contributed by atoms with Gasteiger partial charge >= 0.3 is 0 Å². The van der Waals surface area contributed by atoms with E-state index in [1.54, 1.807) is 0 Å². The summed E-state index contributed by atoms with van der Waals surface area (Å²) in [4.78, 5) is 5.25. The van der Waals surface area contributed by atoms with Gasteiger partial charge in [0.1, 0.15) is 0 Å². The maximum Gasteiger partial charge on any atom is 0.0585 e. The van der Waals surface area contributed by atoms with Crippen molar-refractivity contribution in [1.29, 1.82) is 0 Å². The first-order chi connectivity index (χ1) is 9.61. The van der Waals surface area contributed by atoms with Gasteiger partial charge in [-0.25, -0.2) is 0 Å². The number of hydrogen-bond acceptors (Lipinski definition) is 3. The normalized spacial score (nSPS) is 41.0. The van der Waals surface area contributed by atoms with E-state index in [9.17, 15) is 5.11 Å². The molecular weight excluding hydrogens is 248 g/mol. The van der Waals surface area contributed by atoms with Crippen LogP contribution in [0, 0.1) is 23.7 Å². The van der Waals surface area contributed by atoms with Gasteiger partial charge in [0.25, 0.3) is 0 Å². The van der Waals surface area contributed by atoms with Crippen molar-refractivity contribution in [2.24, 2.45) is 23.7 Å². The van der Waals surface area contributed by atoms with E-state index in [2.05, 4.69) is 23.6 Å². The molecule has 2 saturated carbocycles. The molecule has 3 heteroatoms. The predicted octanol–water partition coefficient (Wildman–Crippen LogP) is 2.06. The van der Waals surface area contributed by atoms with Gasteiger partial charge in [-0.05, 0) is 43.4 Å². The van der Waals surface area contributed by atoms with Gasteiger partial charge in [0.2, 0.25) is 0 Å². The Hall–Kier alpha value is -0.120. The van der Waals surface area contributed by atoms with Crippen LogP contribution >= 0.6 is 0 Å². The van der Waals surface area contributed by atoms with Crippen LogP contribution in [-0.4, -0.2) is 60.3 Å². The van der Waals surface area contributed by atoms with Crippen LogP contribution in [0.15, 0.2) is 0 Å². The van der Waals surface area contributed by atoms with Gasteiger partial charge in [-0.3, -0.25) is 0 Å². The summed E-state index contributed by atoms with van der Waals surface area (Å²) in [5.74, 6) is 2.90. The highest BCUT2D eigenvalue weighted by atomic mass is 16.3. The summed E-state index contributed by atoms with van der Waals surface area (Å²) in [6.07, 6.45) is 5.16. The van der Waals surface area contributed by atoms with Crippen molar-refractivity contribution in [2.75, 3.05) is 39.3 Å². The highest BCUT2D eigenvalue weighted by molar-refractivity contribution is 4.87. The van der Waals surface area contributed by atoms with Crippen LogP contribution in [0.2, 0.25) is 0 Å². The topological polar surface area (TPSA) is 26.7 Å². The molecule has 4 atom stereocenters. The van der Waals surface area contributed by atoms with Crippen molar-refractivity contribution in [1.82, 2.24) is 9.80 Å². The van der Waals surface area contributed by atoms with Gasteiger partial charge in [-0.2, -0.15) is 0 Å². The van der Waals surface area contributed by atoms with E-state index >= 15 is 0 Å². The summed E-state index contributed by atoms with van der Waals surface area (Å²) >= 11 is 0. The zero-order chi connectivity index (χ0) is 14.1. The Labute approximate surface area is 124 Å². The Morgan fingerprint density at radius 1 is 0.900 bits per heavy atom. The van der Waals surface area contributed by atoms with Crippen LogP contribution in [0.25, 0.3) is 0 Å². The molecule has 1 aliphatic heterocycles. The molecule has 3 fully saturated rings. The van der Waals surface area contributed by atoms with Crippen LogP contribution in [0.1, 0.15) is 39.5 Å². The van der Waals surface area contributed by atoms with E-state index in [1.807, 2.05) is 0 Å². The number of piperazine rings is 1. The number of aliphatic hydroxyl groups excluding tert-OH is 1. The largest absolute Gasteiger partial charge is 0.393 e. The molecule has 1 saturated heterocycles. The van der Waals surface area contributed by atoms with Crippen LogP contribution < -0.4 is 0 Å². The zero-order valence-corrected chi connectivity index (χ0v) is 13.3. The molecule has 3 rings (SSSR count). The Morgan fingerprint density at radius 2 is 1.50 bits per heavy atom. The molecule has 0 bridgehead atoms. The summed E-state index contributed by atoms with van der Waals surface area (Å²) in [5, 5.41) is 10.4. The van der Waals surface area contributed by atoms with Crippen LogP contribution in [0.4, 0.5) is 0 Å². The van der Waals surface area contributed by atoms with Gasteiger partial charge in [0.15, 0.2) is 0 Å². The third-order valence-electron chi connectivity index (χ3n) is 5.79. The third kappa shape index (κ3) is 3.75. The maximum absolute atomic E-state index is 10.4. The summed E-state index contributed by atoms with van der Waals surface area (Å²) in [7, 11) is 0. The number of rotatable bonds is 4. The van der Waals surface area contributed by atoms with E-state index in [-0.39, 0.29) is 6.10 Å². The molecule has 0 spiro atoms. The highest BCUT2D eigenvalue weighted by Crippen LogP contribution is 2.34. The molecule has 0 aromatic carbocycles. The molecule has 3 aliphatic rings. The highest BCUT2D eigenvalue weighted by Gasteiger charge is 2.34. The molecule has 2 aliphatic carbocycles. The van der Waals surface area contributed by atoms with Crippen molar-refractivity contribution in [2.45, 2.75) is 45.6 Å². The second-order valence-electron chi connectivity index (χ2n) is 7.83. The monoisotopic (exact) mass is 280 g/mol. The molecule has 116 valence electrons. The Kier molecular flexibility index (Phi) is 4.68. The first-order valence-corrected chi connectivity index (χ1v) is 8.74. The van der Waals surface area contributed by atoms with Crippen LogP contribution in [-0.2, 0) is 0 Å². The second-order valence-corrected chi connectivity index (χ2v) is 7.83. The lowest BCUT2D eigenvalue weighted by atomic mass is 9.73. The quantitative estimate of drug-likeness (QED) is 0.854. The average Bonchev–Trinajstić information content (AvgIpc) is 3.20. The van der Waals surface area contributed by atoms with Gasteiger partial charge in [0.05, 0.1) is 6.10 Å². The average molecular weight is 280 g/mol. The second kappa shape index (κ2) is 6.33. The fourth-order valence-corrected chi connectivity index (χ4v) is 4.29. The van der Waals surface area contributed by atoms with Crippen molar-refractivity contribution < 1.29 is 5.11 Å². The summed E-state index contributed by atoms with van der Waals surface area (Å²) < 4.78 is 0. The van der Waals surface area contributed by atoms with Crippen molar-refractivity contribution in [3.8, 4) is 0 Å². The minimum absolute atomic E-state index is 0.0711. The lowest BCUT2D eigenvalue weighted by Crippen LogP contribution is -2.50. The fourth-order valence-electron chi connectivity index (χ4n) is 4.29. The molecule has 3 nitrogen and oxygen atoms in total. The van der Waals surface area contributed by atoms with Crippen molar-refractivity contribution >= 4 is 0 Å². The first kappa shape index (κ1) is 14.8. The molecule has 0 amide bonds. The minimum Gasteiger partial charge on any atom is -0.393 e. The first-order valence-electron chi connectivity index (χ1n) is 8.74. The van der Waals surface area contributed by atoms with Gasteiger partial charge in [-0.15, -0.1) is 0 Å². The third-order valence-corrected chi connectivity index (χ3v) is 5.79. The van der Waals surface area contributed by atoms with E-state index in [4.69, 9.17) is 0 Å². The number of nitrogens with zero attached hydrogens (tertiary/aromatic N) is 2. The maximum atomic E-state index is 10.4. The standard InChI is InChI=1S/C17H32N2O/c1-13-9-14(2)16(17(20)10-13)12-19-7-5-18(6-8-19)11-15-3-4-15/h13-17,20H,3-12H2,1-2H3. The van der Waals surface area contributed by atoms with Crippen LogP contribution in [0.5, 0.6) is 0 Å². The number of hydrogen-bond donors (Lipinski definition) is 1. The molecule has 0 radical (unpaired) electrons. The van der Waals surface area contributed by atoms with Crippen LogP contribution in [0.3, 0.4) is 0 Å². The Balaban J connectivity index is 1.43. The number of aliphatic hydroxyl groups is 1. The Morgan fingerprint density at radius 3 is 2.05 bits per heavy atom. The summed E-state index contributed by atoms with van der Waals surface area (Å²) in [5.41, 5.74) is 0. The minimum atomic E-state index is -0.0711. The van der Waals surface area contributed by atoms with E-state index < -0.39 is 0 Å².